The Morgan fingerprint density at radius 3 is 2.79 bits per heavy atom. The van der Waals surface area contributed by atoms with Crippen LogP contribution in [0, 0.1) is 11.6 Å². The number of benzene rings is 1. The zero-order chi connectivity index (χ0) is 24.2. The number of carbonyl (C=O) groups is 1. The first-order valence-corrected chi connectivity index (χ1v) is 10.0. The number of methoxy groups -OCH3 is 1. The van der Waals surface area contributed by atoms with E-state index in [1.807, 2.05) is 0 Å². The number of rotatable bonds is 7. The van der Waals surface area contributed by atoms with Crippen molar-refractivity contribution in [2.75, 3.05) is 36.2 Å². The number of pyridine rings is 1. The first-order valence-electron chi connectivity index (χ1n) is 10.0. The molecule has 174 valence electrons. The fourth-order valence-electron chi connectivity index (χ4n) is 3.23. The number of nitrogens with one attached hydrogen (secondary N) is 2. The number of halogens is 2. The highest BCUT2D eigenvalue weighted by atomic mass is 19.1. The molecular formula is C23H20F2N6O3. The lowest BCUT2D eigenvalue weighted by Crippen LogP contribution is -2.27. The molecule has 11 heteroatoms. The number of fused-ring (bicyclic) bond motifs is 1. The minimum atomic E-state index is -0.792. The molecule has 1 amide bonds. The second-order valence-corrected chi connectivity index (χ2v) is 7.22. The third-order valence-corrected chi connectivity index (χ3v) is 4.75. The van der Waals surface area contributed by atoms with Gasteiger partial charge in [-0.05, 0) is 30.4 Å². The summed E-state index contributed by atoms with van der Waals surface area (Å²) in [6, 6.07) is 4.75. The molecule has 34 heavy (non-hydrogen) atoms. The molecule has 1 aliphatic heterocycles. The van der Waals surface area contributed by atoms with Crippen molar-refractivity contribution in [2.45, 2.75) is 0 Å². The van der Waals surface area contributed by atoms with Crippen LogP contribution < -0.4 is 25.0 Å². The third kappa shape index (κ3) is 4.93. The monoisotopic (exact) mass is 466 g/mol. The molecule has 0 unspecified atom stereocenters. The number of amides is 1. The van der Waals surface area contributed by atoms with Gasteiger partial charge in [0.05, 0.1) is 25.5 Å². The molecule has 0 saturated heterocycles. The molecule has 1 aromatic carbocycles. The van der Waals surface area contributed by atoms with Crippen molar-refractivity contribution < 1.29 is 23.0 Å². The van der Waals surface area contributed by atoms with E-state index < -0.39 is 11.6 Å². The molecule has 0 fully saturated rings. The molecule has 3 aromatic rings. The zero-order valence-electron chi connectivity index (χ0n) is 18.3. The highest BCUT2D eigenvalue weighted by molar-refractivity contribution is 5.99. The van der Waals surface area contributed by atoms with Crippen LogP contribution in [0.5, 0.6) is 11.6 Å². The van der Waals surface area contributed by atoms with Crippen LogP contribution in [0.3, 0.4) is 0 Å². The van der Waals surface area contributed by atoms with Gasteiger partial charge in [-0.15, -0.1) is 0 Å². The molecule has 0 aliphatic carbocycles. The normalized spacial score (nSPS) is 12.4. The van der Waals surface area contributed by atoms with Crippen molar-refractivity contribution in [3.63, 3.8) is 0 Å². The topological polar surface area (TPSA) is 102 Å². The van der Waals surface area contributed by atoms with Crippen LogP contribution in [0.1, 0.15) is 5.56 Å². The Kier molecular flexibility index (Phi) is 6.35. The zero-order valence-corrected chi connectivity index (χ0v) is 18.3. The maximum absolute atomic E-state index is 14.0. The Balaban J connectivity index is 1.57. The maximum Gasteiger partial charge on any atom is 0.247 e. The van der Waals surface area contributed by atoms with Gasteiger partial charge in [-0.1, -0.05) is 6.58 Å². The lowest BCUT2D eigenvalue weighted by Gasteiger charge is -2.26. The van der Waals surface area contributed by atoms with E-state index in [1.165, 1.54) is 19.4 Å². The highest BCUT2D eigenvalue weighted by Crippen LogP contribution is 2.31. The Labute approximate surface area is 193 Å². The van der Waals surface area contributed by atoms with Gasteiger partial charge >= 0.3 is 0 Å². The van der Waals surface area contributed by atoms with Crippen LogP contribution in [0.4, 0.5) is 31.9 Å². The van der Waals surface area contributed by atoms with Crippen molar-refractivity contribution in [2.24, 2.45) is 0 Å². The van der Waals surface area contributed by atoms with Crippen LogP contribution in [-0.2, 0) is 4.79 Å². The molecule has 0 saturated carbocycles. The molecule has 4 rings (SSSR count). The largest absolute Gasteiger partial charge is 0.480 e. The van der Waals surface area contributed by atoms with E-state index in [4.69, 9.17) is 9.47 Å². The van der Waals surface area contributed by atoms with Crippen molar-refractivity contribution in [3.05, 3.63) is 72.3 Å². The number of likely N-dealkylation sites (N-methyl/N-ethyl adjacent to an activating group) is 1. The molecule has 1 aliphatic rings. The first-order chi connectivity index (χ1) is 16.4. The molecular weight excluding hydrogens is 446 g/mol. The van der Waals surface area contributed by atoms with Gasteiger partial charge in [0.15, 0.2) is 11.6 Å². The Bertz CT molecular complexity index is 1300. The Morgan fingerprint density at radius 2 is 2.06 bits per heavy atom. The second kappa shape index (κ2) is 9.53. The SMILES string of the molecule is C=CC(=O)Nc1cnc(OC)c(Nc2ncc3c(n2)N(C)CC(Oc2ccc(F)cc2F)=C3)c1. The summed E-state index contributed by atoms with van der Waals surface area (Å²) in [6.45, 7) is 3.72. The van der Waals surface area contributed by atoms with Gasteiger partial charge in [0, 0.05) is 24.9 Å². The lowest BCUT2D eigenvalue weighted by molar-refractivity contribution is -0.111. The lowest BCUT2D eigenvalue weighted by atomic mass is 10.2. The van der Waals surface area contributed by atoms with Gasteiger partial charge in [-0.2, -0.15) is 4.98 Å². The average Bonchev–Trinajstić information content (AvgIpc) is 2.81. The van der Waals surface area contributed by atoms with Crippen molar-refractivity contribution in [3.8, 4) is 11.6 Å². The molecule has 2 aromatic heterocycles. The van der Waals surface area contributed by atoms with Gasteiger partial charge in [-0.3, -0.25) is 4.79 Å². The van der Waals surface area contributed by atoms with E-state index in [0.717, 1.165) is 18.2 Å². The van der Waals surface area contributed by atoms with Crippen LogP contribution in [0.25, 0.3) is 6.08 Å². The fraction of sp³-hybridized carbons (Fsp3) is 0.130. The molecule has 0 spiro atoms. The van der Waals surface area contributed by atoms with Crippen LogP contribution in [0.15, 0.2) is 55.1 Å². The summed E-state index contributed by atoms with van der Waals surface area (Å²) in [6.07, 6.45) is 5.86. The van der Waals surface area contributed by atoms with E-state index in [2.05, 4.69) is 32.2 Å². The van der Waals surface area contributed by atoms with Crippen molar-refractivity contribution >= 4 is 35.1 Å². The summed E-state index contributed by atoms with van der Waals surface area (Å²) in [7, 11) is 3.26. The number of aromatic nitrogens is 3. The summed E-state index contributed by atoms with van der Waals surface area (Å²) >= 11 is 0. The van der Waals surface area contributed by atoms with Crippen LogP contribution in [-0.4, -0.2) is 41.6 Å². The van der Waals surface area contributed by atoms with Gasteiger partial charge in [0.2, 0.25) is 17.7 Å². The van der Waals surface area contributed by atoms with Crippen LogP contribution in [0.2, 0.25) is 0 Å². The summed E-state index contributed by atoms with van der Waals surface area (Å²) in [4.78, 5) is 26.4. The minimum Gasteiger partial charge on any atom is -0.480 e. The fourth-order valence-corrected chi connectivity index (χ4v) is 3.23. The maximum atomic E-state index is 14.0. The van der Waals surface area contributed by atoms with Gasteiger partial charge in [0.25, 0.3) is 0 Å². The van der Waals surface area contributed by atoms with Gasteiger partial charge in [0.1, 0.15) is 23.1 Å². The van der Waals surface area contributed by atoms with Crippen molar-refractivity contribution in [1.29, 1.82) is 0 Å². The smallest absolute Gasteiger partial charge is 0.247 e. The number of anilines is 4. The predicted molar refractivity (Wildman–Crippen MR) is 123 cm³/mol. The number of hydrogen-bond acceptors (Lipinski definition) is 8. The van der Waals surface area contributed by atoms with Gasteiger partial charge < -0.3 is 25.0 Å². The quantitative estimate of drug-likeness (QED) is 0.506. The summed E-state index contributed by atoms with van der Waals surface area (Å²) in [5, 5.41) is 5.66. The van der Waals surface area contributed by atoms with E-state index in [9.17, 15) is 13.6 Å². The number of carbonyl (C=O) groups excluding carboxylic acids is 1. The van der Waals surface area contributed by atoms with E-state index in [0.29, 0.717) is 35.1 Å². The molecule has 0 bridgehead atoms. The number of hydrogen-bond donors (Lipinski definition) is 2. The van der Waals surface area contributed by atoms with E-state index in [-0.39, 0.29) is 23.5 Å². The summed E-state index contributed by atoms with van der Waals surface area (Å²) in [5.41, 5.74) is 1.52. The molecule has 9 nitrogen and oxygen atoms in total. The standard InChI is InChI=1S/C23H20F2N6O3/c1-4-20(32)28-15-9-18(22(33-3)26-11-15)29-23-27-10-13-7-16(12-31(2)21(13)30-23)34-19-6-5-14(24)8-17(19)25/h4-11H,1,12H2,2-3H3,(H,28,32)(H,27,29,30). The van der Waals surface area contributed by atoms with E-state index in [1.54, 1.807) is 30.3 Å². The summed E-state index contributed by atoms with van der Waals surface area (Å²) in [5.74, 6) is -0.336. The average molecular weight is 466 g/mol. The molecule has 0 radical (unpaired) electrons. The molecule has 2 N–H and O–H groups in total. The highest BCUT2D eigenvalue weighted by Gasteiger charge is 2.21. The minimum absolute atomic E-state index is 0.0771. The van der Waals surface area contributed by atoms with E-state index >= 15 is 0 Å². The van der Waals surface area contributed by atoms with Crippen LogP contribution >= 0.6 is 0 Å². The van der Waals surface area contributed by atoms with Gasteiger partial charge in [-0.25, -0.2) is 18.7 Å². The number of nitrogens with zero attached hydrogens (tertiary/aromatic N) is 4. The van der Waals surface area contributed by atoms with Crippen molar-refractivity contribution in [1.82, 2.24) is 15.0 Å². The third-order valence-electron chi connectivity index (χ3n) is 4.75. The Morgan fingerprint density at radius 1 is 1.24 bits per heavy atom. The predicted octanol–water partition coefficient (Wildman–Crippen LogP) is 3.90. The first kappa shape index (κ1) is 22.6. The Hall–Kier alpha value is -4.54. The molecule has 0 atom stereocenters. The summed E-state index contributed by atoms with van der Waals surface area (Å²) < 4.78 is 38.0. The number of ether oxygens (including phenoxy) is 2. The second-order valence-electron chi connectivity index (χ2n) is 7.22. The molecule has 3 heterocycles.